The van der Waals surface area contributed by atoms with Crippen molar-refractivity contribution in [2.24, 2.45) is 0 Å². The summed E-state index contributed by atoms with van der Waals surface area (Å²) in [7, 11) is 0. The first-order chi connectivity index (χ1) is 9.08. The molecule has 1 heterocycles. The monoisotopic (exact) mass is 284 g/mol. The number of rotatable bonds is 5. The van der Waals surface area contributed by atoms with E-state index in [-0.39, 0.29) is 18.1 Å². The minimum atomic E-state index is -0.801. The molecular weight excluding hydrogens is 268 g/mol. The Hall–Kier alpha value is -1.89. The molecule has 0 atom stereocenters. The molecule has 0 saturated carbocycles. The zero-order valence-corrected chi connectivity index (χ0v) is 11.6. The Bertz CT molecular complexity index is 470. The molecule has 0 saturated heterocycles. The molecule has 0 aliphatic heterocycles. The number of nitrogens with one attached hydrogen (secondary N) is 2. The molecule has 6 nitrogen and oxygen atoms in total. The second-order valence-electron chi connectivity index (χ2n) is 3.64. The van der Waals surface area contributed by atoms with Crippen LogP contribution in [0.3, 0.4) is 0 Å². The van der Waals surface area contributed by atoms with E-state index in [1.165, 1.54) is 11.3 Å². The molecule has 0 spiro atoms. The van der Waals surface area contributed by atoms with Crippen LogP contribution in [0.4, 0.5) is 9.80 Å². The number of ether oxygens (including phenoxy) is 1. The number of hydrogen-bond donors (Lipinski definition) is 2. The summed E-state index contributed by atoms with van der Waals surface area (Å²) in [4.78, 5) is 34.4. The lowest BCUT2D eigenvalue weighted by Gasteiger charge is -2.06. The molecule has 7 heteroatoms. The van der Waals surface area contributed by atoms with E-state index in [0.717, 1.165) is 6.42 Å². The number of amides is 3. The second-order valence-corrected chi connectivity index (χ2v) is 4.55. The molecule has 1 rings (SSSR count). The minimum Gasteiger partial charge on any atom is -0.450 e. The second kappa shape index (κ2) is 7.52. The van der Waals surface area contributed by atoms with Gasteiger partial charge in [-0.15, -0.1) is 11.3 Å². The van der Waals surface area contributed by atoms with Crippen LogP contribution in [0, 0.1) is 0 Å². The number of imide groups is 1. The van der Waals surface area contributed by atoms with Crippen LogP contribution in [-0.2, 0) is 9.53 Å². The van der Waals surface area contributed by atoms with Gasteiger partial charge < -0.3 is 10.1 Å². The molecule has 1 aromatic heterocycles. The number of hydrogen-bond acceptors (Lipinski definition) is 5. The Balaban J connectivity index is 2.68. The highest BCUT2D eigenvalue weighted by molar-refractivity contribution is 7.14. The molecule has 0 unspecified atom stereocenters. The molecule has 0 aromatic carbocycles. The van der Waals surface area contributed by atoms with Crippen molar-refractivity contribution < 1.29 is 19.1 Å². The molecule has 2 N–H and O–H groups in total. The summed E-state index contributed by atoms with van der Waals surface area (Å²) in [5.41, 5.74) is 0.252. The first-order valence-electron chi connectivity index (χ1n) is 5.93. The van der Waals surface area contributed by atoms with Gasteiger partial charge in [0.15, 0.2) is 0 Å². The van der Waals surface area contributed by atoms with Crippen LogP contribution >= 0.6 is 11.3 Å². The van der Waals surface area contributed by atoms with Crippen LogP contribution in [0.1, 0.15) is 37.0 Å². The van der Waals surface area contributed by atoms with Gasteiger partial charge in [0.2, 0.25) is 5.91 Å². The fraction of sp³-hybridized carbons (Fsp3) is 0.417. The van der Waals surface area contributed by atoms with Crippen LogP contribution in [0.2, 0.25) is 0 Å². The molecule has 19 heavy (non-hydrogen) atoms. The summed E-state index contributed by atoms with van der Waals surface area (Å²) in [5, 5.41) is 6.83. The van der Waals surface area contributed by atoms with Crippen molar-refractivity contribution in [2.45, 2.75) is 26.7 Å². The Morgan fingerprint density at radius 2 is 2.05 bits per heavy atom. The highest BCUT2D eigenvalue weighted by Crippen LogP contribution is 2.23. The maximum absolute atomic E-state index is 11.8. The summed E-state index contributed by atoms with van der Waals surface area (Å²) in [6.07, 6.45) is 0.308. The third kappa shape index (κ3) is 4.70. The average molecular weight is 284 g/mol. The zero-order chi connectivity index (χ0) is 14.3. The normalized spacial score (nSPS) is 9.79. The van der Waals surface area contributed by atoms with E-state index in [2.05, 4.69) is 15.4 Å². The predicted octanol–water partition coefficient (Wildman–Crippen LogP) is 2.37. The predicted molar refractivity (Wildman–Crippen MR) is 72.3 cm³/mol. The van der Waals surface area contributed by atoms with Gasteiger partial charge >= 0.3 is 6.09 Å². The Labute approximate surface area is 115 Å². The molecule has 3 amide bonds. The number of anilines is 1. The van der Waals surface area contributed by atoms with E-state index in [1.807, 2.05) is 6.92 Å². The fourth-order valence-electron chi connectivity index (χ4n) is 1.33. The molecule has 0 fully saturated rings. The van der Waals surface area contributed by atoms with Gasteiger partial charge in [-0.1, -0.05) is 6.92 Å². The minimum absolute atomic E-state index is 0.157. The van der Waals surface area contributed by atoms with Gasteiger partial charge in [-0.3, -0.25) is 14.9 Å². The first kappa shape index (κ1) is 15.2. The quantitative estimate of drug-likeness (QED) is 0.869. The first-order valence-corrected chi connectivity index (χ1v) is 6.81. The molecule has 0 aliphatic rings. The van der Waals surface area contributed by atoms with Gasteiger partial charge in [0.1, 0.15) is 5.00 Å². The van der Waals surface area contributed by atoms with Crippen molar-refractivity contribution in [3.8, 4) is 0 Å². The van der Waals surface area contributed by atoms with E-state index in [4.69, 9.17) is 0 Å². The molecule has 104 valence electrons. The molecule has 0 aliphatic carbocycles. The Kier molecular flexibility index (Phi) is 6.01. The van der Waals surface area contributed by atoms with Crippen LogP contribution in [0.15, 0.2) is 11.4 Å². The number of carbonyl (C=O) groups is 3. The lowest BCUT2D eigenvalue weighted by atomic mass is 10.3. The molecule has 1 aromatic rings. The summed E-state index contributed by atoms with van der Waals surface area (Å²) < 4.78 is 4.62. The van der Waals surface area contributed by atoms with Gasteiger partial charge in [0.05, 0.1) is 12.2 Å². The van der Waals surface area contributed by atoms with Crippen molar-refractivity contribution in [3.63, 3.8) is 0 Å². The maximum Gasteiger partial charge on any atom is 0.414 e. The van der Waals surface area contributed by atoms with Gasteiger partial charge in [0.25, 0.3) is 5.91 Å². The van der Waals surface area contributed by atoms with Crippen molar-refractivity contribution >= 4 is 34.2 Å². The highest BCUT2D eigenvalue weighted by atomic mass is 32.1. The summed E-state index contributed by atoms with van der Waals surface area (Å²) >= 11 is 1.23. The van der Waals surface area contributed by atoms with Gasteiger partial charge in [-0.05, 0) is 24.8 Å². The summed E-state index contributed by atoms with van der Waals surface area (Å²) in [6, 6.07) is 1.54. The zero-order valence-electron chi connectivity index (χ0n) is 10.8. The number of alkyl carbamates (subject to hydrolysis) is 1. The van der Waals surface area contributed by atoms with Crippen LogP contribution in [0.5, 0.6) is 0 Å². The third-order valence-electron chi connectivity index (χ3n) is 2.13. The lowest BCUT2D eigenvalue weighted by Crippen LogP contribution is -2.31. The van der Waals surface area contributed by atoms with Gasteiger partial charge in [0, 0.05) is 6.42 Å². The Morgan fingerprint density at radius 1 is 1.32 bits per heavy atom. The van der Waals surface area contributed by atoms with Crippen LogP contribution in [0.25, 0.3) is 0 Å². The topological polar surface area (TPSA) is 84.5 Å². The van der Waals surface area contributed by atoms with Crippen molar-refractivity contribution in [3.05, 3.63) is 17.0 Å². The van der Waals surface area contributed by atoms with Crippen LogP contribution in [-0.4, -0.2) is 24.5 Å². The van der Waals surface area contributed by atoms with E-state index < -0.39 is 12.0 Å². The van der Waals surface area contributed by atoms with E-state index in [1.54, 1.807) is 18.4 Å². The van der Waals surface area contributed by atoms with Crippen LogP contribution < -0.4 is 10.6 Å². The van der Waals surface area contributed by atoms with Crippen molar-refractivity contribution in [1.29, 1.82) is 0 Å². The third-order valence-corrected chi connectivity index (χ3v) is 2.96. The molecule has 0 radical (unpaired) electrons. The van der Waals surface area contributed by atoms with Gasteiger partial charge in [-0.25, -0.2) is 4.79 Å². The number of thiophene rings is 1. The van der Waals surface area contributed by atoms with E-state index >= 15 is 0 Å². The fourth-order valence-corrected chi connectivity index (χ4v) is 2.13. The van der Waals surface area contributed by atoms with Gasteiger partial charge in [-0.2, -0.15) is 0 Å². The molecular formula is C12H16N2O4S. The maximum atomic E-state index is 11.8. The van der Waals surface area contributed by atoms with Crippen molar-refractivity contribution in [2.75, 3.05) is 11.9 Å². The SMILES string of the molecule is CCCC(=O)Nc1sccc1C(=O)NC(=O)OCC. The van der Waals surface area contributed by atoms with E-state index in [9.17, 15) is 14.4 Å². The lowest BCUT2D eigenvalue weighted by molar-refractivity contribution is -0.116. The highest BCUT2D eigenvalue weighted by Gasteiger charge is 2.17. The summed E-state index contributed by atoms with van der Waals surface area (Å²) in [5.74, 6) is -0.748. The smallest absolute Gasteiger partial charge is 0.414 e. The largest absolute Gasteiger partial charge is 0.450 e. The van der Waals surface area contributed by atoms with Crippen molar-refractivity contribution in [1.82, 2.24) is 5.32 Å². The average Bonchev–Trinajstić information content (AvgIpc) is 2.77. The standard InChI is InChI=1S/C12H16N2O4S/c1-3-5-9(15)13-11-8(6-7-19-11)10(16)14-12(17)18-4-2/h6-7H,3-5H2,1-2H3,(H,13,15)(H,14,16,17). The summed E-state index contributed by atoms with van der Waals surface area (Å²) in [6.45, 7) is 3.72. The van der Waals surface area contributed by atoms with E-state index in [0.29, 0.717) is 11.4 Å². The number of carbonyl (C=O) groups excluding carboxylic acids is 3. The molecule has 0 bridgehead atoms. The Morgan fingerprint density at radius 3 is 2.68 bits per heavy atom.